The molecule has 1 fully saturated rings. The summed E-state index contributed by atoms with van der Waals surface area (Å²) in [5.74, 6) is 1.83. The molecule has 0 radical (unpaired) electrons. The van der Waals surface area contributed by atoms with Gasteiger partial charge in [0.1, 0.15) is 17.9 Å². The van der Waals surface area contributed by atoms with Gasteiger partial charge in [-0.2, -0.15) is 0 Å². The van der Waals surface area contributed by atoms with Gasteiger partial charge in [0.25, 0.3) is 0 Å². The Bertz CT molecular complexity index is 564. The number of anilines is 1. The lowest BCUT2D eigenvalue weighted by Crippen LogP contribution is -2.41. The van der Waals surface area contributed by atoms with Crippen LogP contribution >= 0.6 is 0 Å². The van der Waals surface area contributed by atoms with Gasteiger partial charge in [0.15, 0.2) is 0 Å². The van der Waals surface area contributed by atoms with Gasteiger partial charge in [0.05, 0.1) is 5.69 Å². The Hall–Kier alpha value is -1.95. The van der Waals surface area contributed by atoms with E-state index in [1.807, 2.05) is 19.9 Å². The Morgan fingerprint density at radius 3 is 3.05 bits per heavy atom. The lowest BCUT2D eigenvalue weighted by atomic mass is 10.0. The second-order valence-corrected chi connectivity index (χ2v) is 5.62. The molecule has 6 nitrogen and oxygen atoms in total. The summed E-state index contributed by atoms with van der Waals surface area (Å²) in [6.07, 6.45) is 5.70. The highest BCUT2D eigenvalue weighted by molar-refractivity contribution is 5.33. The fourth-order valence-electron chi connectivity index (χ4n) is 2.85. The van der Waals surface area contributed by atoms with Crippen LogP contribution in [-0.4, -0.2) is 39.2 Å². The zero-order valence-electron chi connectivity index (χ0n) is 12.5. The van der Waals surface area contributed by atoms with E-state index >= 15 is 0 Å². The Morgan fingerprint density at radius 1 is 1.43 bits per heavy atom. The Kier molecular flexibility index (Phi) is 4.15. The van der Waals surface area contributed by atoms with Crippen molar-refractivity contribution in [1.82, 2.24) is 20.0 Å². The van der Waals surface area contributed by atoms with Crippen molar-refractivity contribution < 1.29 is 4.52 Å². The van der Waals surface area contributed by atoms with Crippen molar-refractivity contribution in [1.29, 1.82) is 0 Å². The van der Waals surface area contributed by atoms with E-state index in [4.69, 9.17) is 4.52 Å². The van der Waals surface area contributed by atoms with Crippen LogP contribution in [0.15, 0.2) is 23.1 Å². The van der Waals surface area contributed by atoms with Crippen LogP contribution in [0.3, 0.4) is 0 Å². The van der Waals surface area contributed by atoms with Crippen LogP contribution in [0.4, 0.5) is 5.82 Å². The lowest BCUT2D eigenvalue weighted by molar-refractivity contribution is 0.207. The topological polar surface area (TPSA) is 67.1 Å². The van der Waals surface area contributed by atoms with E-state index < -0.39 is 0 Å². The SMILES string of the molecule is Cc1noc(C)c1CN1CCCC(Nc2ccncn2)C1. The van der Waals surface area contributed by atoms with Gasteiger partial charge in [-0.3, -0.25) is 4.90 Å². The molecule has 112 valence electrons. The van der Waals surface area contributed by atoms with E-state index in [-0.39, 0.29) is 0 Å². The summed E-state index contributed by atoms with van der Waals surface area (Å²) in [5.41, 5.74) is 2.22. The van der Waals surface area contributed by atoms with Crippen molar-refractivity contribution in [3.05, 3.63) is 35.6 Å². The standard InChI is InChI=1S/C15H21N5O/c1-11-14(12(2)21-19-11)9-20-7-3-4-13(8-20)18-15-5-6-16-10-17-15/h5-6,10,13H,3-4,7-9H2,1-2H3,(H,16,17,18). The number of rotatable bonds is 4. The van der Waals surface area contributed by atoms with E-state index in [2.05, 4.69) is 25.3 Å². The summed E-state index contributed by atoms with van der Waals surface area (Å²) < 4.78 is 5.25. The zero-order valence-corrected chi connectivity index (χ0v) is 12.5. The number of nitrogens with one attached hydrogen (secondary N) is 1. The molecule has 1 aliphatic heterocycles. The average Bonchev–Trinajstić information content (AvgIpc) is 2.81. The molecular formula is C15H21N5O. The third-order valence-corrected chi connectivity index (χ3v) is 4.00. The number of piperidine rings is 1. The molecular weight excluding hydrogens is 266 g/mol. The summed E-state index contributed by atoms with van der Waals surface area (Å²) in [6.45, 7) is 7.02. The molecule has 2 aromatic heterocycles. The van der Waals surface area contributed by atoms with Crippen LogP contribution in [0.25, 0.3) is 0 Å². The third kappa shape index (κ3) is 3.39. The molecule has 1 atom stereocenters. The van der Waals surface area contributed by atoms with E-state index in [1.165, 1.54) is 18.4 Å². The lowest BCUT2D eigenvalue weighted by Gasteiger charge is -2.33. The van der Waals surface area contributed by atoms with Crippen LogP contribution in [0.5, 0.6) is 0 Å². The first-order valence-corrected chi connectivity index (χ1v) is 7.39. The van der Waals surface area contributed by atoms with Crippen LogP contribution in [0.2, 0.25) is 0 Å². The van der Waals surface area contributed by atoms with Crippen molar-refractivity contribution in [2.24, 2.45) is 0 Å². The van der Waals surface area contributed by atoms with Crippen molar-refractivity contribution >= 4 is 5.82 Å². The van der Waals surface area contributed by atoms with E-state index in [0.29, 0.717) is 6.04 Å². The highest BCUT2D eigenvalue weighted by Gasteiger charge is 2.22. The highest BCUT2D eigenvalue weighted by Crippen LogP contribution is 2.20. The summed E-state index contributed by atoms with van der Waals surface area (Å²) in [6, 6.07) is 2.34. The van der Waals surface area contributed by atoms with E-state index in [9.17, 15) is 0 Å². The Balaban J connectivity index is 1.61. The number of hydrogen-bond acceptors (Lipinski definition) is 6. The van der Waals surface area contributed by atoms with Crippen LogP contribution in [-0.2, 0) is 6.54 Å². The van der Waals surface area contributed by atoms with Gasteiger partial charge in [-0.25, -0.2) is 9.97 Å². The van der Waals surface area contributed by atoms with Crippen LogP contribution < -0.4 is 5.32 Å². The summed E-state index contributed by atoms with van der Waals surface area (Å²) in [4.78, 5) is 10.6. The monoisotopic (exact) mass is 287 g/mol. The van der Waals surface area contributed by atoms with Gasteiger partial charge in [-0.1, -0.05) is 5.16 Å². The molecule has 1 saturated heterocycles. The predicted octanol–water partition coefficient (Wildman–Crippen LogP) is 2.16. The summed E-state index contributed by atoms with van der Waals surface area (Å²) in [5, 5.41) is 7.52. The summed E-state index contributed by atoms with van der Waals surface area (Å²) >= 11 is 0. The molecule has 0 bridgehead atoms. The van der Waals surface area contributed by atoms with Crippen molar-refractivity contribution in [3.63, 3.8) is 0 Å². The molecule has 1 aliphatic rings. The average molecular weight is 287 g/mol. The number of aryl methyl sites for hydroxylation is 2. The van der Waals surface area contributed by atoms with Crippen LogP contribution in [0.1, 0.15) is 29.9 Å². The van der Waals surface area contributed by atoms with Gasteiger partial charge < -0.3 is 9.84 Å². The molecule has 1 N–H and O–H groups in total. The largest absolute Gasteiger partial charge is 0.366 e. The van der Waals surface area contributed by atoms with Crippen LogP contribution in [0, 0.1) is 13.8 Å². The molecule has 0 amide bonds. The first-order valence-electron chi connectivity index (χ1n) is 7.39. The van der Waals surface area contributed by atoms with Crippen molar-refractivity contribution in [2.75, 3.05) is 18.4 Å². The fraction of sp³-hybridized carbons (Fsp3) is 0.533. The molecule has 2 aromatic rings. The molecule has 1 unspecified atom stereocenters. The van der Waals surface area contributed by atoms with Gasteiger partial charge in [0, 0.05) is 30.9 Å². The predicted molar refractivity (Wildman–Crippen MR) is 79.9 cm³/mol. The van der Waals surface area contributed by atoms with Gasteiger partial charge in [-0.15, -0.1) is 0 Å². The second-order valence-electron chi connectivity index (χ2n) is 5.62. The molecule has 0 aliphatic carbocycles. The number of aromatic nitrogens is 3. The Morgan fingerprint density at radius 2 is 2.33 bits per heavy atom. The molecule has 0 aromatic carbocycles. The Labute approximate surface area is 124 Å². The minimum atomic E-state index is 0.425. The first kappa shape index (κ1) is 14.0. The summed E-state index contributed by atoms with van der Waals surface area (Å²) in [7, 11) is 0. The minimum absolute atomic E-state index is 0.425. The second kappa shape index (κ2) is 6.22. The normalized spacial score (nSPS) is 19.6. The molecule has 0 spiro atoms. The maximum Gasteiger partial charge on any atom is 0.138 e. The quantitative estimate of drug-likeness (QED) is 0.929. The zero-order chi connectivity index (χ0) is 14.7. The fourth-order valence-corrected chi connectivity index (χ4v) is 2.85. The molecule has 6 heteroatoms. The van der Waals surface area contributed by atoms with Crippen molar-refractivity contribution in [2.45, 2.75) is 39.3 Å². The maximum atomic E-state index is 5.25. The molecule has 21 heavy (non-hydrogen) atoms. The van der Waals surface area contributed by atoms with E-state index in [1.54, 1.807) is 12.5 Å². The first-order chi connectivity index (χ1) is 10.2. The number of likely N-dealkylation sites (tertiary alicyclic amines) is 1. The number of hydrogen-bond donors (Lipinski definition) is 1. The van der Waals surface area contributed by atoms with Crippen molar-refractivity contribution in [3.8, 4) is 0 Å². The maximum absolute atomic E-state index is 5.25. The highest BCUT2D eigenvalue weighted by atomic mass is 16.5. The van der Waals surface area contributed by atoms with Gasteiger partial charge in [-0.05, 0) is 39.3 Å². The van der Waals surface area contributed by atoms with Gasteiger partial charge >= 0.3 is 0 Å². The number of nitrogens with zero attached hydrogens (tertiary/aromatic N) is 4. The minimum Gasteiger partial charge on any atom is -0.366 e. The smallest absolute Gasteiger partial charge is 0.138 e. The van der Waals surface area contributed by atoms with E-state index in [0.717, 1.165) is 36.9 Å². The van der Waals surface area contributed by atoms with Gasteiger partial charge in [0.2, 0.25) is 0 Å². The molecule has 3 heterocycles. The molecule has 3 rings (SSSR count). The third-order valence-electron chi connectivity index (χ3n) is 4.00. The molecule has 0 saturated carbocycles.